The molecule has 0 saturated heterocycles. The van der Waals surface area contributed by atoms with Gasteiger partial charge in [-0.25, -0.2) is 9.59 Å². The molecule has 1 aliphatic heterocycles. The Labute approximate surface area is 210 Å². The van der Waals surface area contributed by atoms with Gasteiger partial charge in [0.15, 0.2) is 0 Å². The number of nitrogens with two attached hydrogens (primary N) is 1. The number of anilines is 1. The monoisotopic (exact) mass is 488 g/mol. The summed E-state index contributed by atoms with van der Waals surface area (Å²) in [6.45, 7) is 4.63. The lowest BCUT2D eigenvalue weighted by Gasteiger charge is -2.36. The fourth-order valence-electron chi connectivity index (χ4n) is 4.29. The minimum Gasteiger partial charge on any atom is -0.466 e. The van der Waals surface area contributed by atoms with Crippen molar-refractivity contribution in [1.82, 2.24) is 4.90 Å². The number of hydrogen-bond donors (Lipinski definition) is 1. The number of carbonyl (C=O) groups is 3. The third kappa shape index (κ3) is 4.53. The number of nitriles is 1. The number of ether oxygens (including phenoxy) is 2. The van der Waals surface area contributed by atoms with Gasteiger partial charge in [-0.1, -0.05) is 42.5 Å². The van der Waals surface area contributed by atoms with Crippen molar-refractivity contribution in [2.75, 3.05) is 32.2 Å². The molecule has 0 radical (unpaired) electrons. The van der Waals surface area contributed by atoms with E-state index in [0.29, 0.717) is 18.7 Å². The van der Waals surface area contributed by atoms with Crippen LogP contribution in [0.1, 0.15) is 35.7 Å². The maximum atomic E-state index is 13.4. The first-order chi connectivity index (χ1) is 17.4. The standard InChI is InChI=1S/C27H28N4O5/c1-5-30(6-2)25(32)18-14-10-11-15-20(18)31-23(27(34)36-4)22(26(33)35-3)21(19(16-28)24(31)29)17-12-8-7-9-13-17/h7-15,21H,5-6,29H2,1-4H3. The van der Waals surface area contributed by atoms with Gasteiger partial charge in [0.1, 0.15) is 11.5 Å². The number of allylic oxidation sites excluding steroid dienone is 1. The first-order valence-corrected chi connectivity index (χ1v) is 11.4. The molecule has 9 heteroatoms. The van der Waals surface area contributed by atoms with E-state index in [-0.39, 0.29) is 39.8 Å². The summed E-state index contributed by atoms with van der Waals surface area (Å²) in [6.07, 6.45) is 0. The van der Waals surface area contributed by atoms with E-state index in [0.717, 1.165) is 0 Å². The quantitative estimate of drug-likeness (QED) is 0.590. The smallest absolute Gasteiger partial charge is 0.355 e. The summed E-state index contributed by atoms with van der Waals surface area (Å²) in [4.78, 5) is 42.7. The van der Waals surface area contributed by atoms with E-state index in [4.69, 9.17) is 15.2 Å². The molecule has 0 fully saturated rings. The Morgan fingerprint density at radius 1 is 0.972 bits per heavy atom. The zero-order chi connectivity index (χ0) is 26.4. The van der Waals surface area contributed by atoms with Gasteiger partial charge in [0.05, 0.1) is 48.6 Å². The zero-order valence-electron chi connectivity index (χ0n) is 20.6. The maximum absolute atomic E-state index is 13.4. The van der Waals surface area contributed by atoms with E-state index in [1.165, 1.54) is 19.1 Å². The van der Waals surface area contributed by atoms with E-state index >= 15 is 0 Å². The summed E-state index contributed by atoms with van der Waals surface area (Å²) >= 11 is 0. The molecule has 1 atom stereocenters. The van der Waals surface area contributed by atoms with Gasteiger partial charge in [-0.3, -0.25) is 9.69 Å². The van der Waals surface area contributed by atoms with Crippen LogP contribution in [0.2, 0.25) is 0 Å². The van der Waals surface area contributed by atoms with Gasteiger partial charge in [-0.15, -0.1) is 0 Å². The number of rotatable bonds is 7. The number of esters is 2. The zero-order valence-corrected chi connectivity index (χ0v) is 20.6. The molecule has 0 aliphatic carbocycles. The van der Waals surface area contributed by atoms with Gasteiger partial charge >= 0.3 is 11.9 Å². The van der Waals surface area contributed by atoms with Crippen LogP contribution in [0, 0.1) is 11.3 Å². The second kappa shape index (κ2) is 11.2. The fraction of sp³-hybridized carbons (Fsp3) is 0.259. The van der Waals surface area contributed by atoms with E-state index in [1.54, 1.807) is 59.5 Å². The van der Waals surface area contributed by atoms with Crippen LogP contribution in [0.4, 0.5) is 5.69 Å². The maximum Gasteiger partial charge on any atom is 0.355 e. The highest BCUT2D eigenvalue weighted by Gasteiger charge is 2.43. The summed E-state index contributed by atoms with van der Waals surface area (Å²) in [6, 6.07) is 17.4. The van der Waals surface area contributed by atoms with Crippen LogP contribution in [0.3, 0.4) is 0 Å². The van der Waals surface area contributed by atoms with Crippen molar-refractivity contribution >= 4 is 23.5 Å². The van der Waals surface area contributed by atoms with Gasteiger partial charge in [-0.05, 0) is 31.5 Å². The molecule has 1 unspecified atom stereocenters. The van der Waals surface area contributed by atoms with Crippen LogP contribution in [0.5, 0.6) is 0 Å². The summed E-state index contributed by atoms with van der Waals surface area (Å²) in [5.41, 5.74) is 7.27. The van der Waals surface area contributed by atoms with E-state index < -0.39 is 17.9 Å². The summed E-state index contributed by atoms with van der Waals surface area (Å²) in [5, 5.41) is 10.2. The summed E-state index contributed by atoms with van der Waals surface area (Å²) in [5.74, 6) is -3.09. The van der Waals surface area contributed by atoms with Crippen LogP contribution >= 0.6 is 0 Å². The Bertz CT molecular complexity index is 1270. The molecular formula is C27H28N4O5. The van der Waals surface area contributed by atoms with Crippen molar-refractivity contribution in [1.29, 1.82) is 5.26 Å². The van der Waals surface area contributed by atoms with Gasteiger partial charge in [0.25, 0.3) is 5.91 Å². The van der Waals surface area contributed by atoms with Crippen LogP contribution in [0.25, 0.3) is 0 Å². The van der Waals surface area contributed by atoms with Gasteiger partial charge in [0, 0.05) is 13.1 Å². The predicted octanol–water partition coefficient (Wildman–Crippen LogP) is 3.07. The normalized spacial score (nSPS) is 15.3. The Morgan fingerprint density at radius 2 is 1.56 bits per heavy atom. The number of carbonyl (C=O) groups excluding carboxylic acids is 3. The molecule has 0 aromatic heterocycles. The lowest BCUT2D eigenvalue weighted by atomic mass is 9.80. The fourth-order valence-corrected chi connectivity index (χ4v) is 4.29. The van der Waals surface area contributed by atoms with Crippen LogP contribution in [-0.4, -0.2) is 50.1 Å². The minimum atomic E-state index is -0.986. The molecule has 0 bridgehead atoms. The molecule has 3 rings (SSSR count). The molecule has 1 heterocycles. The number of para-hydroxylation sites is 1. The SMILES string of the molecule is CCN(CC)C(=O)c1ccccc1N1C(N)=C(C#N)C(c2ccccc2)C(C(=O)OC)=C1C(=O)OC. The third-order valence-electron chi connectivity index (χ3n) is 6.04. The van der Waals surface area contributed by atoms with Crippen molar-refractivity contribution < 1.29 is 23.9 Å². The summed E-state index contributed by atoms with van der Waals surface area (Å²) in [7, 11) is 2.36. The minimum absolute atomic E-state index is 0.0272. The second-order valence-electron chi connectivity index (χ2n) is 7.83. The number of hydrogen-bond acceptors (Lipinski definition) is 8. The summed E-state index contributed by atoms with van der Waals surface area (Å²) < 4.78 is 10.1. The number of nitrogens with zero attached hydrogens (tertiary/aromatic N) is 3. The van der Waals surface area contributed by atoms with E-state index in [1.807, 2.05) is 13.8 Å². The number of methoxy groups -OCH3 is 2. The first-order valence-electron chi connectivity index (χ1n) is 11.4. The van der Waals surface area contributed by atoms with E-state index in [2.05, 4.69) is 6.07 Å². The first kappa shape index (κ1) is 26.0. The van der Waals surface area contributed by atoms with E-state index in [9.17, 15) is 19.6 Å². The number of amides is 1. The van der Waals surface area contributed by atoms with Crippen molar-refractivity contribution in [3.8, 4) is 6.07 Å². The average Bonchev–Trinajstić information content (AvgIpc) is 2.92. The molecule has 2 aromatic rings. The topological polar surface area (TPSA) is 126 Å². The highest BCUT2D eigenvalue weighted by molar-refractivity contribution is 6.08. The van der Waals surface area contributed by atoms with Crippen LogP contribution < -0.4 is 10.6 Å². The molecule has 9 nitrogen and oxygen atoms in total. The molecular weight excluding hydrogens is 460 g/mol. The Kier molecular flexibility index (Phi) is 8.12. The Morgan fingerprint density at radius 3 is 2.11 bits per heavy atom. The lowest BCUT2D eigenvalue weighted by Crippen LogP contribution is -2.42. The largest absolute Gasteiger partial charge is 0.466 e. The molecule has 1 amide bonds. The average molecular weight is 489 g/mol. The molecule has 2 aromatic carbocycles. The van der Waals surface area contributed by atoms with Crippen LogP contribution in [-0.2, 0) is 19.1 Å². The van der Waals surface area contributed by atoms with Gasteiger partial charge < -0.3 is 20.1 Å². The lowest BCUT2D eigenvalue weighted by molar-refractivity contribution is -0.139. The Balaban J connectivity index is 2.42. The molecule has 186 valence electrons. The predicted molar refractivity (Wildman–Crippen MR) is 133 cm³/mol. The van der Waals surface area contributed by atoms with Gasteiger partial charge in [-0.2, -0.15) is 5.26 Å². The van der Waals surface area contributed by atoms with Crippen molar-refractivity contribution in [2.24, 2.45) is 5.73 Å². The van der Waals surface area contributed by atoms with Crippen molar-refractivity contribution in [3.05, 3.63) is 88.4 Å². The van der Waals surface area contributed by atoms with Gasteiger partial charge in [0.2, 0.25) is 0 Å². The molecule has 0 spiro atoms. The number of benzene rings is 2. The molecule has 2 N–H and O–H groups in total. The Hall–Kier alpha value is -4.58. The molecule has 0 saturated carbocycles. The third-order valence-corrected chi connectivity index (χ3v) is 6.04. The van der Waals surface area contributed by atoms with Crippen molar-refractivity contribution in [3.63, 3.8) is 0 Å². The second-order valence-corrected chi connectivity index (χ2v) is 7.83. The van der Waals surface area contributed by atoms with Crippen molar-refractivity contribution in [2.45, 2.75) is 19.8 Å². The van der Waals surface area contributed by atoms with Crippen LogP contribution in [0.15, 0.2) is 77.3 Å². The molecule has 1 aliphatic rings. The highest BCUT2D eigenvalue weighted by Crippen LogP contribution is 2.43. The highest BCUT2D eigenvalue weighted by atomic mass is 16.5. The molecule has 36 heavy (non-hydrogen) atoms.